The third-order valence-electron chi connectivity index (χ3n) is 4.51. The van der Waals surface area contributed by atoms with Crippen molar-refractivity contribution in [2.24, 2.45) is 5.92 Å². The molecule has 1 aliphatic rings. The molecule has 2 heterocycles. The first kappa shape index (κ1) is 14.9. The van der Waals surface area contributed by atoms with E-state index in [0.29, 0.717) is 13.1 Å². The van der Waals surface area contributed by atoms with Crippen LogP contribution in [0.25, 0.3) is 10.9 Å². The Hall–Kier alpha value is -2.01. The number of carbonyl (C=O) groups is 1. The maximum absolute atomic E-state index is 12.1. The van der Waals surface area contributed by atoms with Gasteiger partial charge in [0.1, 0.15) is 0 Å². The van der Waals surface area contributed by atoms with Crippen LogP contribution < -0.4 is 5.32 Å². The number of H-pyrrole nitrogens is 1. The van der Waals surface area contributed by atoms with Gasteiger partial charge in [0.05, 0.1) is 0 Å². The van der Waals surface area contributed by atoms with E-state index in [1.165, 1.54) is 22.0 Å². The lowest BCUT2D eigenvalue weighted by atomic mass is 10.1. The number of amides is 2. The Labute approximate surface area is 130 Å². The van der Waals surface area contributed by atoms with Gasteiger partial charge in [0, 0.05) is 49.3 Å². The molecular formula is C17H23N3O2. The number of aliphatic hydroxyl groups excluding tert-OH is 1. The molecule has 0 bridgehead atoms. The number of aromatic nitrogens is 1. The molecule has 1 fully saturated rings. The number of rotatable bonds is 4. The molecule has 1 atom stereocenters. The normalized spacial score (nSPS) is 18.1. The molecule has 5 heteroatoms. The van der Waals surface area contributed by atoms with Crippen molar-refractivity contribution in [3.05, 3.63) is 35.5 Å². The number of carbonyl (C=O) groups excluding carboxylic acids is 1. The molecule has 2 aromatic rings. The fourth-order valence-electron chi connectivity index (χ4n) is 3.15. The Morgan fingerprint density at radius 3 is 3.14 bits per heavy atom. The number of nitrogens with zero attached hydrogens (tertiary/aromatic N) is 1. The average Bonchev–Trinajstić information content (AvgIpc) is 3.15. The number of fused-ring (bicyclic) bond motifs is 1. The Morgan fingerprint density at radius 2 is 2.36 bits per heavy atom. The molecule has 3 N–H and O–H groups in total. The van der Waals surface area contributed by atoms with Crippen molar-refractivity contribution >= 4 is 16.9 Å². The lowest BCUT2D eigenvalue weighted by Gasteiger charge is -2.16. The van der Waals surface area contributed by atoms with E-state index in [9.17, 15) is 4.79 Å². The number of aromatic amines is 1. The summed E-state index contributed by atoms with van der Waals surface area (Å²) in [5, 5.41) is 13.3. The number of benzene rings is 1. The van der Waals surface area contributed by atoms with Crippen LogP contribution in [0.5, 0.6) is 0 Å². The van der Waals surface area contributed by atoms with Gasteiger partial charge in [-0.05, 0) is 30.9 Å². The van der Waals surface area contributed by atoms with Crippen molar-refractivity contribution in [1.82, 2.24) is 15.2 Å². The van der Waals surface area contributed by atoms with E-state index in [-0.39, 0.29) is 18.6 Å². The fraction of sp³-hybridized carbons (Fsp3) is 0.471. The van der Waals surface area contributed by atoms with Crippen LogP contribution in [0.3, 0.4) is 0 Å². The molecule has 0 radical (unpaired) electrons. The second kappa shape index (κ2) is 6.40. The number of urea groups is 1. The largest absolute Gasteiger partial charge is 0.396 e. The summed E-state index contributed by atoms with van der Waals surface area (Å²) in [7, 11) is 0. The van der Waals surface area contributed by atoms with E-state index in [1.807, 2.05) is 6.20 Å². The Kier molecular flexibility index (Phi) is 4.34. The molecule has 1 saturated heterocycles. The second-order valence-electron chi connectivity index (χ2n) is 6.08. The number of hydrogen-bond donors (Lipinski definition) is 3. The lowest BCUT2D eigenvalue weighted by molar-refractivity contribution is 0.198. The van der Waals surface area contributed by atoms with Crippen LogP contribution >= 0.6 is 0 Å². The minimum absolute atomic E-state index is 0.0213. The molecule has 0 saturated carbocycles. The summed E-state index contributed by atoms with van der Waals surface area (Å²) < 4.78 is 0. The van der Waals surface area contributed by atoms with Crippen molar-refractivity contribution in [3.63, 3.8) is 0 Å². The van der Waals surface area contributed by atoms with Gasteiger partial charge in [-0.3, -0.25) is 0 Å². The highest BCUT2D eigenvalue weighted by Crippen LogP contribution is 2.21. The molecular weight excluding hydrogens is 278 g/mol. The fourth-order valence-corrected chi connectivity index (χ4v) is 3.15. The number of likely N-dealkylation sites (tertiary alicyclic amines) is 1. The minimum atomic E-state index is -0.0213. The number of aryl methyl sites for hydroxylation is 1. The zero-order valence-corrected chi connectivity index (χ0v) is 12.9. The van der Waals surface area contributed by atoms with Gasteiger partial charge < -0.3 is 20.3 Å². The van der Waals surface area contributed by atoms with Gasteiger partial charge >= 0.3 is 6.03 Å². The molecule has 1 aromatic carbocycles. The Bertz CT molecular complexity index is 665. The first-order chi connectivity index (χ1) is 10.7. The number of nitrogens with one attached hydrogen (secondary N) is 2. The summed E-state index contributed by atoms with van der Waals surface area (Å²) in [6.45, 7) is 4.28. The zero-order chi connectivity index (χ0) is 15.5. The first-order valence-corrected chi connectivity index (χ1v) is 7.88. The van der Waals surface area contributed by atoms with Gasteiger partial charge in [0.2, 0.25) is 0 Å². The average molecular weight is 301 g/mol. The van der Waals surface area contributed by atoms with Crippen LogP contribution in [-0.2, 0) is 6.42 Å². The molecule has 5 nitrogen and oxygen atoms in total. The van der Waals surface area contributed by atoms with Gasteiger partial charge in [-0.25, -0.2) is 4.79 Å². The van der Waals surface area contributed by atoms with Crippen LogP contribution in [0.1, 0.15) is 17.5 Å². The summed E-state index contributed by atoms with van der Waals surface area (Å²) >= 11 is 0. The third kappa shape index (κ3) is 2.95. The zero-order valence-electron chi connectivity index (χ0n) is 12.9. The molecule has 0 aliphatic carbocycles. The topological polar surface area (TPSA) is 68.4 Å². The SMILES string of the molecule is Cc1cccc2c(CCNC(=O)N3CCC(CO)C3)c[nH]c12. The van der Waals surface area contributed by atoms with E-state index in [4.69, 9.17) is 5.11 Å². The Morgan fingerprint density at radius 1 is 1.50 bits per heavy atom. The van der Waals surface area contributed by atoms with Crippen molar-refractivity contribution in [1.29, 1.82) is 0 Å². The van der Waals surface area contributed by atoms with Crippen molar-refractivity contribution < 1.29 is 9.90 Å². The Balaban J connectivity index is 1.54. The van der Waals surface area contributed by atoms with Gasteiger partial charge in [-0.1, -0.05) is 18.2 Å². The summed E-state index contributed by atoms with van der Waals surface area (Å²) in [6.07, 6.45) is 3.74. The maximum atomic E-state index is 12.1. The smallest absolute Gasteiger partial charge is 0.317 e. The number of aliphatic hydroxyl groups is 1. The molecule has 0 spiro atoms. The molecule has 22 heavy (non-hydrogen) atoms. The van der Waals surface area contributed by atoms with Crippen molar-refractivity contribution in [2.75, 3.05) is 26.2 Å². The predicted octanol–water partition coefficient (Wildman–Crippen LogP) is 2.04. The van der Waals surface area contributed by atoms with E-state index in [1.54, 1.807) is 4.90 Å². The van der Waals surface area contributed by atoms with E-state index in [2.05, 4.69) is 35.4 Å². The molecule has 1 unspecified atom stereocenters. The van der Waals surface area contributed by atoms with Crippen LogP contribution in [-0.4, -0.2) is 47.3 Å². The summed E-state index contributed by atoms with van der Waals surface area (Å²) in [5.74, 6) is 0.238. The van der Waals surface area contributed by atoms with E-state index in [0.717, 1.165) is 19.4 Å². The van der Waals surface area contributed by atoms with Gasteiger partial charge in [0.15, 0.2) is 0 Å². The quantitative estimate of drug-likeness (QED) is 0.809. The van der Waals surface area contributed by atoms with Crippen LogP contribution in [0.4, 0.5) is 4.79 Å². The molecule has 1 aliphatic heterocycles. The monoisotopic (exact) mass is 301 g/mol. The summed E-state index contributed by atoms with van der Waals surface area (Å²) in [5.41, 5.74) is 3.64. The van der Waals surface area contributed by atoms with Gasteiger partial charge in [0.25, 0.3) is 0 Å². The summed E-state index contributed by atoms with van der Waals surface area (Å²) in [6, 6.07) is 6.25. The highest BCUT2D eigenvalue weighted by Gasteiger charge is 2.25. The number of hydrogen-bond acceptors (Lipinski definition) is 2. The van der Waals surface area contributed by atoms with Crippen LogP contribution in [0.2, 0.25) is 0 Å². The third-order valence-corrected chi connectivity index (χ3v) is 4.51. The summed E-state index contributed by atoms with van der Waals surface area (Å²) in [4.78, 5) is 17.2. The molecule has 2 amide bonds. The van der Waals surface area contributed by atoms with Crippen molar-refractivity contribution in [3.8, 4) is 0 Å². The van der Waals surface area contributed by atoms with Crippen LogP contribution in [0, 0.1) is 12.8 Å². The first-order valence-electron chi connectivity index (χ1n) is 7.88. The predicted molar refractivity (Wildman–Crippen MR) is 86.9 cm³/mol. The minimum Gasteiger partial charge on any atom is -0.396 e. The van der Waals surface area contributed by atoms with Gasteiger partial charge in [-0.15, -0.1) is 0 Å². The van der Waals surface area contributed by atoms with Crippen LogP contribution in [0.15, 0.2) is 24.4 Å². The standard InChI is InChI=1S/C17H23N3O2/c1-12-3-2-4-15-14(9-19-16(12)15)5-7-18-17(22)20-8-6-13(10-20)11-21/h2-4,9,13,19,21H,5-8,10-11H2,1H3,(H,18,22). The molecule has 1 aromatic heterocycles. The highest BCUT2D eigenvalue weighted by atomic mass is 16.3. The molecule has 3 rings (SSSR count). The van der Waals surface area contributed by atoms with Gasteiger partial charge in [-0.2, -0.15) is 0 Å². The van der Waals surface area contributed by atoms with E-state index >= 15 is 0 Å². The molecule has 118 valence electrons. The number of para-hydroxylation sites is 1. The van der Waals surface area contributed by atoms with E-state index < -0.39 is 0 Å². The van der Waals surface area contributed by atoms with Crippen molar-refractivity contribution in [2.45, 2.75) is 19.8 Å². The highest BCUT2D eigenvalue weighted by molar-refractivity contribution is 5.86. The lowest BCUT2D eigenvalue weighted by Crippen LogP contribution is -2.39. The maximum Gasteiger partial charge on any atom is 0.317 e. The second-order valence-corrected chi connectivity index (χ2v) is 6.08.